The van der Waals surface area contributed by atoms with Gasteiger partial charge in [0.1, 0.15) is 11.8 Å². The Morgan fingerprint density at radius 1 is 1.15 bits per heavy atom. The van der Waals surface area contributed by atoms with E-state index in [9.17, 15) is 9.59 Å². The predicted molar refractivity (Wildman–Crippen MR) is 75.8 cm³/mol. The molecule has 1 unspecified atom stereocenters. The maximum atomic E-state index is 12.1. The number of ether oxygens (including phenoxy) is 1. The fraction of sp³-hybridized carbons (Fsp3) is 0.467. The summed E-state index contributed by atoms with van der Waals surface area (Å²) in [5, 5.41) is 11.7. The smallest absolute Gasteiger partial charge is 0.326 e. The highest BCUT2D eigenvalue weighted by atomic mass is 16.5. The van der Waals surface area contributed by atoms with Crippen molar-refractivity contribution in [1.82, 2.24) is 5.32 Å². The summed E-state index contributed by atoms with van der Waals surface area (Å²) in [4.78, 5) is 23.2. The van der Waals surface area contributed by atoms with Gasteiger partial charge in [0.05, 0.1) is 13.0 Å². The first-order chi connectivity index (χ1) is 9.36. The number of methoxy groups -OCH3 is 1. The van der Waals surface area contributed by atoms with Crippen molar-refractivity contribution in [3.05, 3.63) is 29.8 Å². The third kappa shape index (κ3) is 3.98. The van der Waals surface area contributed by atoms with Crippen molar-refractivity contribution >= 4 is 11.9 Å². The molecule has 5 heteroatoms. The molecule has 1 aromatic rings. The zero-order valence-corrected chi connectivity index (χ0v) is 12.2. The van der Waals surface area contributed by atoms with Crippen LogP contribution in [0.2, 0.25) is 0 Å². The van der Waals surface area contributed by atoms with Crippen molar-refractivity contribution in [3.63, 3.8) is 0 Å². The molecular formula is C15H21NO4. The fourth-order valence-electron chi connectivity index (χ4n) is 1.84. The van der Waals surface area contributed by atoms with Gasteiger partial charge in [0.25, 0.3) is 0 Å². The van der Waals surface area contributed by atoms with E-state index in [4.69, 9.17) is 9.84 Å². The third-order valence-corrected chi connectivity index (χ3v) is 3.24. The highest BCUT2D eigenvalue weighted by Gasteiger charge is 2.26. The number of benzene rings is 1. The molecule has 1 aromatic carbocycles. The quantitative estimate of drug-likeness (QED) is 0.835. The number of amides is 1. The monoisotopic (exact) mass is 279 g/mol. The summed E-state index contributed by atoms with van der Waals surface area (Å²) >= 11 is 0. The van der Waals surface area contributed by atoms with Crippen molar-refractivity contribution in [2.75, 3.05) is 7.11 Å². The van der Waals surface area contributed by atoms with E-state index in [0.717, 1.165) is 5.56 Å². The lowest BCUT2D eigenvalue weighted by atomic mass is 9.98. The van der Waals surface area contributed by atoms with E-state index < -0.39 is 17.9 Å². The Morgan fingerprint density at radius 3 is 2.10 bits per heavy atom. The van der Waals surface area contributed by atoms with Crippen molar-refractivity contribution in [2.45, 2.75) is 32.7 Å². The molecule has 0 saturated heterocycles. The van der Waals surface area contributed by atoms with Gasteiger partial charge in [0, 0.05) is 0 Å². The lowest BCUT2D eigenvalue weighted by Crippen LogP contribution is -2.45. The number of hydrogen-bond acceptors (Lipinski definition) is 3. The number of hydrogen-bond donors (Lipinski definition) is 2. The average molecular weight is 279 g/mol. The number of aliphatic carboxylic acids is 1. The summed E-state index contributed by atoms with van der Waals surface area (Å²) in [7, 11) is 1.57. The van der Waals surface area contributed by atoms with Crippen LogP contribution in [0.15, 0.2) is 24.3 Å². The molecule has 0 saturated carbocycles. The van der Waals surface area contributed by atoms with Crippen LogP contribution in [0.4, 0.5) is 0 Å². The summed E-state index contributed by atoms with van der Waals surface area (Å²) in [6.45, 7) is 5.27. The van der Waals surface area contributed by atoms with Crippen LogP contribution in [0.5, 0.6) is 5.75 Å². The second-order valence-corrected chi connectivity index (χ2v) is 5.06. The van der Waals surface area contributed by atoms with Gasteiger partial charge < -0.3 is 15.2 Å². The second-order valence-electron chi connectivity index (χ2n) is 5.06. The topological polar surface area (TPSA) is 75.6 Å². The molecule has 0 fully saturated rings. The minimum atomic E-state index is -1.02. The van der Waals surface area contributed by atoms with Crippen LogP contribution < -0.4 is 10.1 Å². The first-order valence-corrected chi connectivity index (χ1v) is 6.54. The van der Waals surface area contributed by atoms with Crippen LogP contribution in [0.1, 0.15) is 32.3 Å². The number of rotatable bonds is 6. The van der Waals surface area contributed by atoms with Crippen molar-refractivity contribution < 1.29 is 19.4 Å². The van der Waals surface area contributed by atoms with Gasteiger partial charge in [-0.05, 0) is 30.5 Å². The molecule has 2 N–H and O–H groups in total. The molecule has 110 valence electrons. The maximum absolute atomic E-state index is 12.1. The summed E-state index contributed by atoms with van der Waals surface area (Å²) in [6.07, 6.45) is 0. The van der Waals surface area contributed by atoms with Gasteiger partial charge in [0.15, 0.2) is 0 Å². The molecular weight excluding hydrogens is 258 g/mol. The number of carbonyl (C=O) groups excluding carboxylic acids is 1. The van der Waals surface area contributed by atoms with E-state index in [-0.39, 0.29) is 11.8 Å². The SMILES string of the molecule is COc1ccc(C(C)C(=O)N[C@H](C(=O)O)C(C)C)cc1. The molecule has 0 aliphatic heterocycles. The molecule has 0 aromatic heterocycles. The van der Waals surface area contributed by atoms with E-state index in [1.807, 2.05) is 0 Å². The van der Waals surface area contributed by atoms with Gasteiger partial charge in [-0.15, -0.1) is 0 Å². The van der Waals surface area contributed by atoms with Crippen molar-refractivity contribution in [3.8, 4) is 5.75 Å². The molecule has 0 aliphatic carbocycles. The van der Waals surface area contributed by atoms with Gasteiger partial charge in [0.2, 0.25) is 5.91 Å². The van der Waals surface area contributed by atoms with Gasteiger partial charge in [-0.25, -0.2) is 4.79 Å². The van der Waals surface area contributed by atoms with Crippen molar-refractivity contribution in [1.29, 1.82) is 0 Å². The van der Waals surface area contributed by atoms with Gasteiger partial charge >= 0.3 is 5.97 Å². The largest absolute Gasteiger partial charge is 0.497 e. The highest BCUT2D eigenvalue weighted by molar-refractivity contribution is 5.87. The Balaban J connectivity index is 2.77. The maximum Gasteiger partial charge on any atom is 0.326 e. The first-order valence-electron chi connectivity index (χ1n) is 6.54. The van der Waals surface area contributed by atoms with Crippen molar-refractivity contribution in [2.24, 2.45) is 5.92 Å². The minimum Gasteiger partial charge on any atom is -0.497 e. The predicted octanol–water partition coefficient (Wildman–Crippen LogP) is 2.02. The molecule has 20 heavy (non-hydrogen) atoms. The Labute approximate surface area is 118 Å². The van der Waals surface area contributed by atoms with Gasteiger partial charge in [-0.2, -0.15) is 0 Å². The molecule has 0 radical (unpaired) electrons. The van der Waals surface area contributed by atoms with E-state index in [2.05, 4.69) is 5.32 Å². The Kier molecular flexibility index (Phi) is 5.55. The molecule has 0 bridgehead atoms. The summed E-state index contributed by atoms with van der Waals surface area (Å²) in [5.41, 5.74) is 0.816. The zero-order chi connectivity index (χ0) is 15.3. The standard InChI is InChI=1S/C15H21NO4/c1-9(2)13(15(18)19)16-14(17)10(3)11-5-7-12(20-4)8-6-11/h5-10,13H,1-4H3,(H,16,17)(H,18,19)/t10?,13-/m0/s1. The first kappa shape index (κ1) is 16.0. The normalized spacial score (nSPS) is 13.7. The molecule has 0 aliphatic rings. The minimum absolute atomic E-state index is 0.167. The summed E-state index contributed by atoms with van der Waals surface area (Å²) in [5.74, 6) is -1.18. The fourth-order valence-corrected chi connectivity index (χ4v) is 1.84. The number of carboxylic acid groups (broad SMARTS) is 1. The number of carboxylic acids is 1. The molecule has 0 heterocycles. The molecule has 1 amide bonds. The van der Waals surface area contributed by atoms with E-state index >= 15 is 0 Å². The molecule has 1 rings (SSSR count). The summed E-state index contributed by atoms with van der Waals surface area (Å²) in [6, 6.07) is 6.28. The Morgan fingerprint density at radius 2 is 1.70 bits per heavy atom. The average Bonchev–Trinajstić information content (AvgIpc) is 2.43. The lowest BCUT2D eigenvalue weighted by Gasteiger charge is -2.20. The third-order valence-electron chi connectivity index (χ3n) is 3.24. The van der Waals surface area contributed by atoms with Crippen LogP contribution in [0, 0.1) is 5.92 Å². The van der Waals surface area contributed by atoms with E-state index in [0.29, 0.717) is 5.75 Å². The molecule has 2 atom stereocenters. The zero-order valence-electron chi connectivity index (χ0n) is 12.2. The summed E-state index contributed by atoms with van der Waals surface area (Å²) < 4.78 is 5.06. The Hall–Kier alpha value is -2.04. The molecule has 0 spiro atoms. The van der Waals surface area contributed by atoms with Crippen LogP contribution in [0.25, 0.3) is 0 Å². The van der Waals surface area contributed by atoms with E-state index in [1.165, 1.54) is 0 Å². The van der Waals surface area contributed by atoms with Crippen LogP contribution in [-0.2, 0) is 9.59 Å². The highest BCUT2D eigenvalue weighted by Crippen LogP contribution is 2.19. The van der Waals surface area contributed by atoms with Crippen LogP contribution in [-0.4, -0.2) is 30.1 Å². The number of carbonyl (C=O) groups is 2. The molecule has 5 nitrogen and oxygen atoms in total. The second kappa shape index (κ2) is 6.93. The van der Waals surface area contributed by atoms with Crippen LogP contribution >= 0.6 is 0 Å². The Bertz CT molecular complexity index is 467. The van der Waals surface area contributed by atoms with Crippen LogP contribution in [0.3, 0.4) is 0 Å². The number of nitrogens with one attached hydrogen (secondary N) is 1. The lowest BCUT2D eigenvalue weighted by molar-refractivity contribution is -0.143. The van der Waals surface area contributed by atoms with E-state index in [1.54, 1.807) is 52.1 Å². The van der Waals surface area contributed by atoms with Gasteiger partial charge in [-0.3, -0.25) is 4.79 Å². The van der Waals surface area contributed by atoms with Gasteiger partial charge in [-0.1, -0.05) is 26.0 Å².